The van der Waals surface area contributed by atoms with Crippen molar-refractivity contribution in [1.82, 2.24) is 5.32 Å². The summed E-state index contributed by atoms with van der Waals surface area (Å²) in [4.78, 5) is 49.7. The third-order valence-electron chi connectivity index (χ3n) is 5.32. The molecule has 0 aromatic rings. The van der Waals surface area contributed by atoms with Crippen LogP contribution in [0.3, 0.4) is 0 Å². The predicted molar refractivity (Wildman–Crippen MR) is 72.4 cm³/mol. The first-order chi connectivity index (χ1) is 10.5. The number of hydrogen-bond acceptors (Lipinski definition) is 6. The van der Waals surface area contributed by atoms with E-state index >= 15 is 0 Å². The molecule has 2 saturated carbocycles. The Balaban J connectivity index is 2.15. The SMILES string of the molecule is CCOC(=O)[C@@]12C(=O)C(=O)N[C@]1(C(=O)OCC)[C@@H]1CCC[C@@H]12. The van der Waals surface area contributed by atoms with Gasteiger partial charge in [0.2, 0.25) is 5.78 Å². The fraction of sp³-hybridized carbons (Fsp3) is 0.733. The molecule has 1 saturated heterocycles. The second-order valence-corrected chi connectivity index (χ2v) is 5.98. The third-order valence-corrected chi connectivity index (χ3v) is 5.32. The highest BCUT2D eigenvalue weighted by atomic mass is 16.5. The van der Waals surface area contributed by atoms with Crippen LogP contribution < -0.4 is 5.32 Å². The lowest BCUT2D eigenvalue weighted by Gasteiger charge is -2.57. The first-order valence-corrected chi connectivity index (χ1v) is 7.69. The van der Waals surface area contributed by atoms with Crippen LogP contribution in [0, 0.1) is 17.3 Å². The van der Waals surface area contributed by atoms with E-state index in [0.717, 1.165) is 6.42 Å². The van der Waals surface area contributed by atoms with Gasteiger partial charge >= 0.3 is 11.9 Å². The molecule has 0 spiro atoms. The smallest absolute Gasteiger partial charge is 0.333 e. The number of carbonyl (C=O) groups excluding carboxylic acids is 4. The lowest BCUT2D eigenvalue weighted by Crippen LogP contribution is -2.79. The molecule has 0 radical (unpaired) electrons. The number of fused-ring (bicyclic) bond motifs is 4. The Morgan fingerprint density at radius 3 is 2.32 bits per heavy atom. The van der Waals surface area contributed by atoms with E-state index in [1.54, 1.807) is 13.8 Å². The zero-order valence-corrected chi connectivity index (χ0v) is 12.6. The number of ketones is 1. The minimum absolute atomic E-state index is 0.0817. The molecular formula is C15H19NO6. The zero-order valence-electron chi connectivity index (χ0n) is 12.6. The van der Waals surface area contributed by atoms with E-state index in [1.165, 1.54) is 0 Å². The molecule has 0 aromatic heterocycles. The fourth-order valence-electron chi connectivity index (χ4n) is 4.70. The maximum atomic E-state index is 12.6. The Morgan fingerprint density at radius 2 is 1.68 bits per heavy atom. The maximum absolute atomic E-state index is 12.6. The minimum atomic E-state index is -1.74. The number of nitrogens with one attached hydrogen (secondary N) is 1. The molecule has 7 nitrogen and oxygen atoms in total. The molecule has 2 aliphatic carbocycles. The highest BCUT2D eigenvalue weighted by molar-refractivity contribution is 6.47. The maximum Gasteiger partial charge on any atom is 0.333 e. The lowest BCUT2D eigenvalue weighted by atomic mass is 9.43. The summed E-state index contributed by atoms with van der Waals surface area (Å²) < 4.78 is 10.2. The van der Waals surface area contributed by atoms with Crippen LogP contribution in [0.15, 0.2) is 0 Å². The molecule has 3 rings (SSSR count). The van der Waals surface area contributed by atoms with Gasteiger partial charge in [-0.3, -0.25) is 14.4 Å². The molecule has 1 amide bonds. The second-order valence-electron chi connectivity index (χ2n) is 5.98. The van der Waals surface area contributed by atoms with Crippen molar-refractivity contribution < 1.29 is 28.7 Å². The van der Waals surface area contributed by atoms with E-state index in [2.05, 4.69) is 5.32 Å². The normalized spacial score (nSPS) is 38.6. The Labute approximate surface area is 127 Å². The molecule has 0 unspecified atom stereocenters. The molecule has 22 heavy (non-hydrogen) atoms. The number of hydrogen-bond donors (Lipinski definition) is 1. The van der Waals surface area contributed by atoms with E-state index in [1.807, 2.05) is 0 Å². The van der Waals surface area contributed by atoms with Gasteiger partial charge < -0.3 is 14.8 Å². The van der Waals surface area contributed by atoms with E-state index in [9.17, 15) is 19.2 Å². The molecule has 3 aliphatic rings. The number of carbonyl (C=O) groups is 4. The number of rotatable bonds is 4. The Kier molecular flexibility index (Phi) is 3.27. The molecule has 1 N–H and O–H groups in total. The van der Waals surface area contributed by atoms with Crippen LogP contribution in [0.25, 0.3) is 0 Å². The second kappa shape index (κ2) is 4.79. The van der Waals surface area contributed by atoms with Gasteiger partial charge in [0.05, 0.1) is 13.2 Å². The lowest BCUT2D eigenvalue weighted by molar-refractivity contribution is -0.204. The summed E-state index contributed by atoms with van der Waals surface area (Å²) in [6.07, 6.45) is 2.12. The van der Waals surface area contributed by atoms with Crippen molar-refractivity contribution in [3.05, 3.63) is 0 Å². The summed E-state index contributed by atoms with van der Waals surface area (Å²) in [5.41, 5.74) is -3.32. The van der Waals surface area contributed by atoms with Crippen molar-refractivity contribution in [2.75, 3.05) is 13.2 Å². The molecular weight excluding hydrogens is 290 g/mol. The van der Waals surface area contributed by atoms with Gasteiger partial charge in [-0.15, -0.1) is 0 Å². The van der Waals surface area contributed by atoms with Crippen LogP contribution in [0.4, 0.5) is 0 Å². The van der Waals surface area contributed by atoms with Crippen molar-refractivity contribution >= 4 is 23.6 Å². The molecule has 0 bridgehead atoms. The highest BCUT2D eigenvalue weighted by Crippen LogP contribution is 2.68. The van der Waals surface area contributed by atoms with Gasteiger partial charge in [-0.1, -0.05) is 6.42 Å². The predicted octanol–water partition coefficient (Wildman–Crippen LogP) is -0.0334. The zero-order chi connectivity index (χ0) is 16.1. The topological polar surface area (TPSA) is 98.8 Å². The molecule has 7 heteroatoms. The summed E-state index contributed by atoms with van der Waals surface area (Å²) in [6.45, 7) is 3.46. The number of Topliss-reactive ketones (excluding diaryl/α,β-unsaturated/α-hetero) is 1. The van der Waals surface area contributed by atoms with Gasteiger partial charge in [0.25, 0.3) is 5.91 Å². The molecule has 0 aromatic carbocycles. The van der Waals surface area contributed by atoms with Gasteiger partial charge in [0, 0.05) is 0 Å². The van der Waals surface area contributed by atoms with Crippen molar-refractivity contribution in [2.24, 2.45) is 17.3 Å². The number of ether oxygens (including phenoxy) is 2. The van der Waals surface area contributed by atoms with Crippen LogP contribution in [0.1, 0.15) is 33.1 Å². The monoisotopic (exact) mass is 309 g/mol. The molecule has 120 valence electrons. The van der Waals surface area contributed by atoms with E-state index < -0.39 is 34.6 Å². The van der Waals surface area contributed by atoms with E-state index in [-0.39, 0.29) is 25.0 Å². The van der Waals surface area contributed by atoms with Crippen LogP contribution >= 0.6 is 0 Å². The van der Waals surface area contributed by atoms with Crippen molar-refractivity contribution in [3.63, 3.8) is 0 Å². The molecule has 1 heterocycles. The average molecular weight is 309 g/mol. The number of esters is 2. The van der Waals surface area contributed by atoms with Crippen molar-refractivity contribution in [2.45, 2.75) is 38.6 Å². The van der Waals surface area contributed by atoms with Gasteiger partial charge in [0.15, 0.2) is 11.0 Å². The molecule has 1 aliphatic heterocycles. The summed E-state index contributed by atoms with van der Waals surface area (Å²) in [5, 5.41) is 2.49. The summed E-state index contributed by atoms with van der Waals surface area (Å²) in [5.74, 6) is -3.81. The number of amides is 1. The van der Waals surface area contributed by atoms with Gasteiger partial charge in [-0.05, 0) is 38.5 Å². The third kappa shape index (κ3) is 1.37. The largest absolute Gasteiger partial charge is 0.465 e. The Hall–Kier alpha value is -1.92. The standard InChI is InChI=1S/C15H19NO6/c1-3-21-12(19)14-8-6-5-7-9(8)15(14,13(20)22-4-2)16-11(18)10(14)17/h8-9H,3-7H2,1-2H3,(H,16,18)/t8-,9+,14+,15-/m0/s1. The highest BCUT2D eigenvalue weighted by Gasteiger charge is 2.88. The van der Waals surface area contributed by atoms with E-state index in [4.69, 9.17) is 9.47 Å². The van der Waals surface area contributed by atoms with Crippen LogP contribution in [-0.2, 0) is 28.7 Å². The fourth-order valence-corrected chi connectivity index (χ4v) is 4.70. The summed E-state index contributed by atoms with van der Waals surface area (Å²) in [7, 11) is 0. The Bertz CT molecular complexity index is 572. The van der Waals surface area contributed by atoms with Crippen molar-refractivity contribution in [1.29, 1.82) is 0 Å². The molecule has 3 fully saturated rings. The molecule has 4 atom stereocenters. The van der Waals surface area contributed by atoms with Crippen LogP contribution in [0.2, 0.25) is 0 Å². The van der Waals surface area contributed by atoms with Gasteiger partial charge in [-0.2, -0.15) is 0 Å². The quantitative estimate of drug-likeness (QED) is 0.445. The first-order valence-electron chi connectivity index (χ1n) is 7.69. The van der Waals surface area contributed by atoms with E-state index in [0.29, 0.717) is 12.8 Å². The van der Waals surface area contributed by atoms with Crippen LogP contribution in [-0.4, -0.2) is 42.4 Å². The first kappa shape index (κ1) is 15.0. The van der Waals surface area contributed by atoms with Gasteiger partial charge in [-0.25, -0.2) is 4.79 Å². The summed E-state index contributed by atoms with van der Waals surface area (Å²) >= 11 is 0. The van der Waals surface area contributed by atoms with Gasteiger partial charge in [0.1, 0.15) is 0 Å². The summed E-state index contributed by atoms with van der Waals surface area (Å²) in [6, 6.07) is 0. The Morgan fingerprint density at radius 1 is 1.09 bits per heavy atom. The van der Waals surface area contributed by atoms with Crippen LogP contribution in [0.5, 0.6) is 0 Å². The van der Waals surface area contributed by atoms with Crippen molar-refractivity contribution in [3.8, 4) is 0 Å². The minimum Gasteiger partial charge on any atom is -0.465 e. The average Bonchev–Trinajstić information content (AvgIpc) is 2.98.